The highest BCUT2D eigenvalue weighted by molar-refractivity contribution is 5.25. The van der Waals surface area contributed by atoms with Crippen LogP contribution in [0, 0.1) is 0 Å². The molecule has 0 aromatic carbocycles. The molecule has 0 bridgehead atoms. The van der Waals surface area contributed by atoms with Crippen LogP contribution >= 0.6 is 0 Å². The molecule has 0 saturated carbocycles. The van der Waals surface area contributed by atoms with Gasteiger partial charge in [0.2, 0.25) is 0 Å². The molecular weight excluding hydrogens is 212 g/mol. The van der Waals surface area contributed by atoms with Crippen LogP contribution in [0.15, 0.2) is 4.99 Å². The number of nitrogens with zero attached hydrogens (tertiary/aromatic N) is 1. The van der Waals surface area contributed by atoms with Crippen LogP contribution in [0.5, 0.6) is 0 Å². The minimum atomic E-state index is -0.0912. The molecule has 6 nitrogen and oxygen atoms in total. The van der Waals surface area contributed by atoms with Crippen LogP contribution in [0.3, 0.4) is 0 Å². The summed E-state index contributed by atoms with van der Waals surface area (Å²) in [4.78, 5) is 4.07. The summed E-state index contributed by atoms with van der Waals surface area (Å²) in [5.41, 5.74) is 0. The van der Waals surface area contributed by atoms with E-state index in [0.29, 0.717) is 0 Å². The quantitative estimate of drug-likeness (QED) is 0.479. The van der Waals surface area contributed by atoms with Gasteiger partial charge >= 0.3 is 0 Å². The van der Waals surface area contributed by atoms with E-state index in [4.69, 9.17) is 18.9 Å². The van der Waals surface area contributed by atoms with E-state index in [1.807, 2.05) is 0 Å². The molecule has 0 amide bonds. The summed E-state index contributed by atoms with van der Waals surface area (Å²) >= 11 is 0. The molecule has 1 N–H and O–H groups in total. The highest BCUT2D eigenvalue weighted by Gasteiger charge is 2.33. The summed E-state index contributed by atoms with van der Waals surface area (Å²) in [5.74, 6) is 0. The Morgan fingerprint density at radius 1 is 1.12 bits per heavy atom. The van der Waals surface area contributed by atoms with Gasteiger partial charge in [0.25, 0.3) is 0 Å². The van der Waals surface area contributed by atoms with Crippen molar-refractivity contribution in [2.24, 2.45) is 4.99 Å². The van der Waals surface area contributed by atoms with Gasteiger partial charge in [0.15, 0.2) is 0 Å². The van der Waals surface area contributed by atoms with Crippen LogP contribution in [0.1, 0.15) is 0 Å². The second-order valence-corrected chi connectivity index (χ2v) is 3.55. The van der Waals surface area contributed by atoms with Crippen LogP contribution < -0.4 is 5.32 Å². The van der Waals surface area contributed by atoms with Gasteiger partial charge < -0.3 is 24.3 Å². The Bertz CT molecular complexity index is 187. The van der Waals surface area contributed by atoms with E-state index < -0.39 is 0 Å². The summed E-state index contributed by atoms with van der Waals surface area (Å²) in [6.45, 7) is 5.52. The predicted octanol–water partition coefficient (Wildman–Crippen LogP) is -0.363. The van der Waals surface area contributed by atoms with Gasteiger partial charge in [0.05, 0.1) is 12.2 Å². The van der Waals surface area contributed by atoms with Gasteiger partial charge in [-0.1, -0.05) is 0 Å². The lowest BCUT2D eigenvalue weighted by Gasteiger charge is -2.35. The van der Waals surface area contributed by atoms with Crippen LogP contribution in [0.4, 0.5) is 0 Å². The molecule has 1 saturated heterocycles. The number of ether oxygens (including phenoxy) is 4. The van der Waals surface area contributed by atoms with E-state index in [9.17, 15) is 0 Å². The van der Waals surface area contributed by atoms with Crippen LogP contribution in [0.25, 0.3) is 0 Å². The fraction of sp³-hybridized carbons (Fsp3) is 0.900. The van der Waals surface area contributed by atoms with Crippen molar-refractivity contribution in [1.29, 1.82) is 0 Å². The maximum atomic E-state index is 5.51. The van der Waals surface area contributed by atoms with E-state index in [1.165, 1.54) is 0 Å². The summed E-state index contributed by atoms with van der Waals surface area (Å²) in [6, 6.07) is -0.0912. The Morgan fingerprint density at radius 3 is 2.00 bits per heavy atom. The van der Waals surface area contributed by atoms with Gasteiger partial charge in [-0.15, -0.1) is 0 Å². The Labute approximate surface area is 95.9 Å². The molecule has 0 radical (unpaired) electrons. The van der Waals surface area contributed by atoms with E-state index in [1.54, 1.807) is 14.2 Å². The molecule has 2 atom stereocenters. The first-order valence-corrected chi connectivity index (χ1v) is 5.21. The molecule has 1 rings (SSSR count). The number of nitrogens with one attached hydrogen (secondary N) is 1. The van der Waals surface area contributed by atoms with Crippen molar-refractivity contribution < 1.29 is 18.9 Å². The fourth-order valence-electron chi connectivity index (χ4n) is 1.71. The number of piperidine rings is 1. The van der Waals surface area contributed by atoms with Crippen molar-refractivity contribution in [3.8, 4) is 0 Å². The van der Waals surface area contributed by atoms with Crippen molar-refractivity contribution in [3.63, 3.8) is 0 Å². The van der Waals surface area contributed by atoms with Crippen LogP contribution in [-0.4, -0.2) is 65.9 Å². The van der Waals surface area contributed by atoms with Gasteiger partial charge in [-0.05, 0) is 6.72 Å². The minimum Gasteiger partial charge on any atom is -0.359 e. The molecule has 16 heavy (non-hydrogen) atoms. The highest BCUT2D eigenvalue weighted by atomic mass is 16.7. The molecule has 1 fully saturated rings. The number of hydrogen-bond donors (Lipinski definition) is 1. The zero-order valence-corrected chi connectivity index (χ0v) is 9.85. The number of hydrogen-bond acceptors (Lipinski definition) is 6. The first-order chi connectivity index (χ1) is 7.83. The molecule has 1 aliphatic rings. The molecule has 6 heteroatoms. The standard InChI is InChI=1S/C10H20N2O4/c1-11-10-8(15-6-13-2)4-12-5-9(10)16-7-14-3/h8-10,12H,1,4-7H2,2-3H3/t8-,9-/m1/s1. The molecule has 0 spiro atoms. The van der Waals surface area contributed by atoms with Gasteiger partial charge in [0.1, 0.15) is 19.6 Å². The van der Waals surface area contributed by atoms with E-state index in [2.05, 4.69) is 17.0 Å². The lowest BCUT2D eigenvalue weighted by Crippen LogP contribution is -2.55. The van der Waals surface area contributed by atoms with Crippen molar-refractivity contribution >= 4 is 6.72 Å². The Morgan fingerprint density at radius 2 is 1.62 bits per heavy atom. The minimum absolute atomic E-state index is 0.0759. The third-order valence-corrected chi connectivity index (χ3v) is 2.46. The zero-order chi connectivity index (χ0) is 11.8. The second kappa shape index (κ2) is 7.70. The highest BCUT2D eigenvalue weighted by Crippen LogP contribution is 2.15. The molecular formula is C10H20N2O4. The predicted molar refractivity (Wildman–Crippen MR) is 59.7 cm³/mol. The summed E-state index contributed by atoms with van der Waals surface area (Å²) < 4.78 is 20.8. The largest absolute Gasteiger partial charge is 0.359 e. The average molecular weight is 232 g/mol. The number of rotatable bonds is 7. The smallest absolute Gasteiger partial charge is 0.146 e. The lowest BCUT2D eigenvalue weighted by molar-refractivity contribution is -0.132. The van der Waals surface area contributed by atoms with Crippen molar-refractivity contribution in [2.75, 3.05) is 40.9 Å². The maximum absolute atomic E-state index is 5.51. The van der Waals surface area contributed by atoms with Crippen molar-refractivity contribution in [1.82, 2.24) is 5.32 Å². The van der Waals surface area contributed by atoms with Crippen LogP contribution in [-0.2, 0) is 18.9 Å². The third kappa shape index (κ3) is 3.80. The van der Waals surface area contributed by atoms with Gasteiger partial charge in [-0.2, -0.15) is 0 Å². The van der Waals surface area contributed by atoms with Crippen molar-refractivity contribution in [3.05, 3.63) is 0 Å². The molecule has 0 aromatic heterocycles. The van der Waals surface area contributed by atoms with Gasteiger partial charge in [-0.25, -0.2) is 0 Å². The van der Waals surface area contributed by atoms with Gasteiger partial charge in [0, 0.05) is 27.3 Å². The molecule has 0 unspecified atom stereocenters. The van der Waals surface area contributed by atoms with Crippen molar-refractivity contribution in [2.45, 2.75) is 18.2 Å². The monoisotopic (exact) mass is 232 g/mol. The summed E-state index contributed by atoms with van der Waals surface area (Å²) in [6.07, 6.45) is -0.152. The SMILES string of the molecule is C=NC1[C@H](OCOC)CNC[C@H]1OCOC. The molecule has 1 aliphatic heterocycles. The molecule has 0 aliphatic carbocycles. The molecule has 1 heterocycles. The maximum Gasteiger partial charge on any atom is 0.146 e. The topological polar surface area (TPSA) is 61.3 Å². The number of aliphatic imine (C=N–C) groups is 1. The summed E-state index contributed by atoms with van der Waals surface area (Å²) in [7, 11) is 3.18. The number of methoxy groups -OCH3 is 2. The Balaban J connectivity index is 2.47. The second-order valence-electron chi connectivity index (χ2n) is 3.55. The zero-order valence-electron chi connectivity index (χ0n) is 9.85. The third-order valence-electron chi connectivity index (χ3n) is 2.46. The first-order valence-electron chi connectivity index (χ1n) is 5.21. The van der Waals surface area contributed by atoms with E-state index in [-0.39, 0.29) is 31.8 Å². The molecule has 94 valence electrons. The van der Waals surface area contributed by atoms with Gasteiger partial charge in [-0.3, -0.25) is 4.99 Å². The lowest BCUT2D eigenvalue weighted by atomic mass is 10.0. The Hall–Kier alpha value is -0.530. The van der Waals surface area contributed by atoms with Crippen LogP contribution in [0.2, 0.25) is 0 Å². The Kier molecular flexibility index (Phi) is 6.51. The van der Waals surface area contributed by atoms with E-state index >= 15 is 0 Å². The van der Waals surface area contributed by atoms with E-state index in [0.717, 1.165) is 13.1 Å². The fourth-order valence-corrected chi connectivity index (χ4v) is 1.71. The first kappa shape index (κ1) is 13.5. The molecule has 0 aromatic rings. The normalized spacial score (nSPS) is 26.9. The summed E-state index contributed by atoms with van der Waals surface area (Å²) in [5, 5.41) is 3.22. The average Bonchev–Trinajstić information content (AvgIpc) is 2.33.